The van der Waals surface area contributed by atoms with Crippen molar-refractivity contribution in [2.24, 2.45) is 0 Å². The van der Waals surface area contributed by atoms with Gasteiger partial charge in [0.15, 0.2) is 0 Å². The van der Waals surface area contributed by atoms with Gasteiger partial charge in [-0.2, -0.15) is 5.10 Å². The van der Waals surface area contributed by atoms with Crippen molar-refractivity contribution in [1.82, 2.24) is 25.1 Å². The van der Waals surface area contributed by atoms with Crippen LogP contribution in [0.4, 0.5) is 5.69 Å². The highest BCUT2D eigenvalue weighted by molar-refractivity contribution is 6.06. The van der Waals surface area contributed by atoms with Gasteiger partial charge >= 0.3 is 0 Å². The van der Waals surface area contributed by atoms with E-state index in [0.29, 0.717) is 24.4 Å². The average molecular weight is 396 g/mol. The molecule has 0 saturated carbocycles. The van der Waals surface area contributed by atoms with Crippen LogP contribution in [0, 0.1) is 0 Å². The first kappa shape index (κ1) is 19.4. The van der Waals surface area contributed by atoms with Gasteiger partial charge in [-0.05, 0) is 43.4 Å². The van der Waals surface area contributed by atoms with Gasteiger partial charge in [0.2, 0.25) is 0 Å². The average Bonchev–Trinajstić information content (AvgIpc) is 3.40. The van der Waals surface area contributed by atoms with Crippen LogP contribution >= 0.6 is 0 Å². The summed E-state index contributed by atoms with van der Waals surface area (Å²) in [5, 5.41) is 10.5. The quantitative estimate of drug-likeness (QED) is 0.400. The van der Waals surface area contributed by atoms with Crippen molar-refractivity contribution in [3.05, 3.63) is 40.5 Å². The summed E-state index contributed by atoms with van der Waals surface area (Å²) in [7, 11) is 1.69. The van der Waals surface area contributed by atoms with Crippen molar-refractivity contribution in [3.8, 4) is 0 Å². The van der Waals surface area contributed by atoms with Crippen molar-refractivity contribution in [3.63, 3.8) is 0 Å². The first-order valence-electron chi connectivity index (χ1n) is 10.2. The normalized spacial score (nSPS) is 13.2. The highest BCUT2D eigenvalue weighted by atomic mass is 16.5. The molecule has 8 nitrogen and oxygen atoms in total. The zero-order chi connectivity index (χ0) is 20.4. The fourth-order valence-electron chi connectivity index (χ4n) is 4.18. The number of nitrogens with zero attached hydrogens (tertiary/aromatic N) is 3. The van der Waals surface area contributed by atoms with Crippen LogP contribution in [-0.4, -0.2) is 39.4 Å². The number of nitrogens with two attached hydrogens (primary N) is 1. The van der Waals surface area contributed by atoms with Crippen molar-refractivity contribution < 1.29 is 9.53 Å². The lowest BCUT2D eigenvalue weighted by Crippen LogP contribution is -2.24. The Labute approximate surface area is 169 Å². The number of methoxy groups -OCH3 is 1. The number of H-pyrrole nitrogens is 1. The first-order valence-corrected chi connectivity index (χ1v) is 10.2. The number of carbonyl (C=O) groups is 1. The van der Waals surface area contributed by atoms with Crippen LogP contribution < -0.4 is 11.1 Å². The number of carbonyl (C=O) groups excluding carboxylic acids is 1. The summed E-state index contributed by atoms with van der Waals surface area (Å²) in [5.74, 6) is 0.786. The van der Waals surface area contributed by atoms with E-state index >= 15 is 0 Å². The van der Waals surface area contributed by atoms with E-state index in [2.05, 4.69) is 27.0 Å². The number of imidazole rings is 1. The number of ether oxygens (including phenoxy) is 1. The molecule has 2 heterocycles. The molecule has 8 heteroatoms. The lowest BCUT2D eigenvalue weighted by molar-refractivity contribution is 0.0951. The third-order valence-electron chi connectivity index (χ3n) is 5.54. The van der Waals surface area contributed by atoms with E-state index in [9.17, 15) is 4.79 Å². The third kappa shape index (κ3) is 3.72. The summed E-state index contributed by atoms with van der Waals surface area (Å²) in [6.45, 7) is 3.86. The molecule has 0 bridgehead atoms. The molecule has 0 atom stereocenters. The second-order valence-corrected chi connectivity index (χ2v) is 7.48. The predicted octanol–water partition coefficient (Wildman–Crippen LogP) is 2.36. The maximum absolute atomic E-state index is 13.1. The summed E-state index contributed by atoms with van der Waals surface area (Å²) in [5.41, 5.74) is 12.1. The van der Waals surface area contributed by atoms with Crippen molar-refractivity contribution >= 4 is 22.6 Å². The molecule has 0 saturated heterocycles. The molecule has 1 aliphatic rings. The van der Waals surface area contributed by atoms with Crippen LogP contribution in [0.2, 0.25) is 0 Å². The van der Waals surface area contributed by atoms with Gasteiger partial charge < -0.3 is 20.4 Å². The Kier molecular flexibility index (Phi) is 5.53. The van der Waals surface area contributed by atoms with Crippen LogP contribution in [0.5, 0.6) is 0 Å². The number of aromatic nitrogens is 4. The largest absolute Gasteiger partial charge is 0.399 e. The molecule has 0 aliphatic heterocycles. The molecule has 0 unspecified atom stereocenters. The van der Waals surface area contributed by atoms with Crippen molar-refractivity contribution in [1.29, 1.82) is 0 Å². The molecular weight excluding hydrogens is 368 g/mol. The van der Waals surface area contributed by atoms with Gasteiger partial charge in [0.05, 0.1) is 28.8 Å². The summed E-state index contributed by atoms with van der Waals surface area (Å²) in [4.78, 5) is 17.8. The van der Waals surface area contributed by atoms with Crippen LogP contribution in [0.3, 0.4) is 0 Å². The molecule has 0 radical (unpaired) electrons. The van der Waals surface area contributed by atoms with Gasteiger partial charge in [-0.25, -0.2) is 4.98 Å². The summed E-state index contributed by atoms with van der Waals surface area (Å²) < 4.78 is 7.32. The maximum atomic E-state index is 13.1. The molecule has 29 heavy (non-hydrogen) atoms. The fraction of sp³-hybridized carbons (Fsp3) is 0.476. The fourth-order valence-corrected chi connectivity index (χ4v) is 4.18. The monoisotopic (exact) mass is 396 g/mol. The highest BCUT2D eigenvalue weighted by Gasteiger charge is 2.21. The number of fused-ring (bicyclic) bond motifs is 2. The standard InChI is InChI=1S/C21H28N6O2/c1-3-19-24-17-11-13(22)10-15(20(17)27(19)8-5-9-29-2)21(28)23-12-18-14-6-4-7-16(14)25-26-18/h10-11H,3-9,12,22H2,1-2H3,(H,23,28)(H,25,26). The third-order valence-corrected chi connectivity index (χ3v) is 5.54. The zero-order valence-corrected chi connectivity index (χ0v) is 17.0. The van der Waals surface area contributed by atoms with Gasteiger partial charge in [0.25, 0.3) is 5.91 Å². The number of rotatable bonds is 8. The van der Waals surface area contributed by atoms with E-state index in [1.807, 2.05) is 6.07 Å². The summed E-state index contributed by atoms with van der Waals surface area (Å²) in [6.07, 6.45) is 4.82. The van der Waals surface area contributed by atoms with Crippen LogP contribution in [-0.2, 0) is 37.1 Å². The number of aryl methyl sites for hydroxylation is 3. The number of hydrogen-bond acceptors (Lipinski definition) is 5. The molecule has 154 valence electrons. The highest BCUT2D eigenvalue weighted by Crippen LogP contribution is 2.26. The van der Waals surface area contributed by atoms with Gasteiger partial charge in [-0.3, -0.25) is 9.89 Å². The van der Waals surface area contributed by atoms with Gasteiger partial charge in [0, 0.05) is 38.1 Å². The summed E-state index contributed by atoms with van der Waals surface area (Å²) in [6, 6.07) is 3.57. The number of benzene rings is 1. The number of nitrogens with one attached hydrogen (secondary N) is 2. The van der Waals surface area contributed by atoms with E-state index in [1.54, 1.807) is 13.2 Å². The molecule has 3 aromatic rings. The number of anilines is 1. The number of hydrogen-bond donors (Lipinski definition) is 3. The molecule has 0 fully saturated rings. The number of aromatic amines is 1. The maximum Gasteiger partial charge on any atom is 0.253 e. The molecular formula is C21H28N6O2. The molecule has 2 aromatic heterocycles. The van der Waals surface area contributed by atoms with E-state index in [1.165, 1.54) is 11.3 Å². The van der Waals surface area contributed by atoms with Gasteiger partial charge in [-0.1, -0.05) is 6.92 Å². The second-order valence-electron chi connectivity index (χ2n) is 7.48. The van der Waals surface area contributed by atoms with E-state index < -0.39 is 0 Å². The van der Waals surface area contributed by atoms with E-state index in [-0.39, 0.29) is 5.91 Å². The first-order chi connectivity index (χ1) is 14.1. The van der Waals surface area contributed by atoms with Gasteiger partial charge in [-0.15, -0.1) is 0 Å². The molecule has 0 spiro atoms. The van der Waals surface area contributed by atoms with Crippen LogP contribution in [0.25, 0.3) is 11.0 Å². The van der Waals surface area contributed by atoms with Crippen molar-refractivity contribution in [2.45, 2.75) is 52.1 Å². The smallest absolute Gasteiger partial charge is 0.253 e. The van der Waals surface area contributed by atoms with E-state index in [0.717, 1.165) is 61.2 Å². The lowest BCUT2D eigenvalue weighted by atomic mass is 10.1. The predicted molar refractivity (Wildman–Crippen MR) is 112 cm³/mol. The van der Waals surface area contributed by atoms with Crippen LogP contribution in [0.15, 0.2) is 12.1 Å². The Morgan fingerprint density at radius 2 is 2.24 bits per heavy atom. The number of nitrogen functional groups attached to an aromatic ring is 1. The Morgan fingerprint density at radius 1 is 1.38 bits per heavy atom. The minimum atomic E-state index is -0.160. The Balaban J connectivity index is 1.64. The minimum Gasteiger partial charge on any atom is -0.399 e. The molecule has 1 amide bonds. The molecule has 4 rings (SSSR count). The Hall–Kier alpha value is -2.87. The Morgan fingerprint density at radius 3 is 3.03 bits per heavy atom. The van der Waals surface area contributed by atoms with E-state index in [4.69, 9.17) is 15.5 Å². The van der Waals surface area contributed by atoms with Crippen LogP contribution in [0.1, 0.15) is 52.9 Å². The zero-order valence-electron chi connectivity index (χ0n) is 17.0. The SMILES string of the molecule is CCc1nc2cc(N)cc(C(=O)NCc3n[nH]c4c3CCC4)c2n1CCCOC. The summed E-state index contributed by atoms with van der Waals surface area (Å²) >= 11 is 0. The van der Waals surface area contributed by atoms with Crippen molar-refractivity contribution in [2.75, 3.05) is 19.5 Å². The molecule has 1 aliphatic carbocycles. The topological polar surface area (TPSA) is 111 Å². The molecule has 4 N–H and O–H groups in total. The second kappa shape index (κ2) is 8.24. The number of amides is 1. The molecule has 1 aromatic carbocycles. The lowest BCUT2D eigenvalue weighted by Gasteiger charge is -2.12. The van der Waals surface area contributed by atoms with Gasteiger partial charge in [0.1, 0.15) is 5.82 Å². The Bertz CT molecular complexity index is 1040. The minimum absolute atomic E-state index is 0.160.